The lowest BCUT2D eigenvalue weighted by Crippen LogP contribution is -2.49. The summed E-state index contributed by atoms with van der Waals surface area (Å²) in [6.45, 7) is 10.2. The molecule has 0 saturated carbocycles. The first-order valence-corrected chi connectivity index (χ1v) is 9.24. The van der Waals surface area contributed by atoms with Crippen LogP contribution in [-0.2, 0) is 22.4 Å². The van der Waals surface area contributed by atoms with Gasteiger partial charge in [0.15, 0.2) is 0 Å². The minimum atomic E-state index is -0.0409. The molecule has 2 N–H and O–H groups in total. The molecule has 0 fully saturated rings. The van der Waals surface area contributed by atoms with E-state index in [1.807, 2.05) is 18.7 Å². The van der Waals surface area contributed by atoms with Gasteiger partial charge < -0.3 is 15.5 Å². The van der Waals surface area contributed by atoms with Gasteiger partial charge in [-0.3, -0.25) is 9.59 Å². The summed E-state index contributed by atoms with van der Waals surface area (Å²) in [5.74, 6) is 0.255. The van der Waals surface area contributed by atoms with Crippen molar-refractivity contribution < 1.29 is 9.59 Å². The molecule has 2 heterocycles. The molecule has 2 aliphatic heterocycles. The van der Waals surface area contributed by atoms with Crippen LogP contribution in [0.1, 0.15) is 52.2 Å². The second-order valence-corrected chi connectivity index (χ2v) is 7.54. The van der Waals surface area contributed by atoms with Gasteiger partial charge in [-0.05, 0) is 51.2 Å². The molecule has 0 aliphatic carbocycles. The van der Waals surface area contributed by atoms with Crippen LogP contribution in [-0.4, -0.2) is 36.5 Å². The highest BCUT2D eigenvalue weighted by atomic mass is 16.2. The van der Waals surface area contributed by atoms with E-state index >= 15 is 0 Å². The van der Waals surface area contributed by atoms with Crippen LogP contribution in [0.4, 0.5) is 5.69 Å². The highest BCUT2D eigenvalue weighted by Gasteiger charge is 2.38. The molecule has 0 spiro atoms. The monoisotopic (exact) mass is 345 g/mol. The number of para-hydroxylation sites is 1. The lowest BCUT2D eigenvalue weighted by Gasteiger charge is -2.27. The molecule has 2 amide bonds. The van der Waals surface area contributed by atoms with E-state index in [9.17, 15) is 9.59 Å². The maximum absolute atomic E-state index is 12.8. The fraction of sp³-hybridized carbons (Fsp3) is 0.600. The summed E-state index contributed by atoms with van der Waals surface area (Å²) in [6, 6.07) is 7.34. The molecule has 0 bridgehead atoms. The number of aryl methyl sites for hydroxylation is 1. The van der Waals surface area contributed by atoms with Crippen molar-refractivity contribution >= 4 is 18.0 Å². The van der Waals surface area contributed by atoms with Crippen molar-refractivity contribution in [2.75, 3.05) is 4.90 Å². The molecule has 1 aromatic rings. The number of nitrogens with zero attached hydrogens (tertiary/aromatic N) is 1. The van der Waals surface area contributed by atoms with Crippen LogP contribution in [0.5, 0.6) is 0 Å². The Morgan fingerprint density at radius 3 is 2.40 bits per heavy atom. The van der Waals surface area contributed by atoms with E-state index in [1.165, 1.54) is 16.8 Å². The lowest BCUT2D eigenvalue weighted by atomic mass is 10.0. The van der Waals surface area contributed by atoms with Gasteiger partial charge in [0.05, 0.1) is 11.7 Å². The van der Waals surface area contributed by atoms with Crippen LogP contribution in [0, 0.1) is 0 Å². The molecule has 3 rings (SSSR count). The highest BCUT2D eigenvalue weighted by Crippen LogP contribution is 2.38. The van der Waals surface area contributed by atoms with Crippen molar-refractivity contribution in [1.29, 1.82) is 0 Å². The number of hydrogen-bond acceptors (Lipinski definition) is 3. The molecule has 5 nitrogen and oxygen atoms in total. The summed E-state index contributed by atoms with van der Waals surface area (Å²) >= 11 is 0. The molecule has 0 aromatic heterocycles. The van der Waals surface area contributed by atoms with Gasteiger partial charge in [0.1, 0.15) is 0 Å². The van der Waals surface area contributed by atoms with E-state index in [-0.39, 0.29) is 18.0 Å². The summed E-state index contributed by atoms with van der Waals surface area (Å²) in [7, 11) is 0. The van der Waals surface area contributed by atoms with Gasteiger partial charge in [0, 0.05) is 18.1 Å². The van der Waals surface area contributed by atoms with E-state index in [0.717, 1.165) is 19.3 Å². The van der Waals surface area contributed by atoms with Crippen molar-refractivity contribution in [1.82, 2.24) is 10.6 Å². The predicted octanol–water partition coefficient (Wildman–Crippen LogP) is 2.42. The Kier molecular flexibility index (Phi) is 6.59. The molecule has 0 radical (unpaired) electrons. The third-order valence-corrected chi connectivity index (χ3v) is 4.57. The van der Waals surface area contributed by atoms with Crippen molar-refractivity contribution in [2.24, 2.45) is 0 Å². The van der Waals surface area contributed by atoms with Crippen molar-refractivity contribution in [2.45, 2.75) is 78.0 Å². The van der Waals surface area contributed by atoms with E-state index in [1.54, 1.807) is 0 Å². The fourth-order valence-corrected chi connectivity index (χ4v) is 3.56. The van der Waals surface area contributed by atoms with E-state index in [2.05, 4.69) is 49.6 Å². The maximum atomic E-state index is 12.8. The van der Waals surface area contributed by atoms with Gasteiger partial charge in [-0.15, -0.1) is 0 Å². The zero-order valence-corrected chi connectivity index (χ0v) is 16.0. The summed E-state index contributed by atoms with van der Waals surface area (Å²) in [4.78, 5) is 24.3. The third-order valence-electron chi connectivity index (χ3n) is 4.57. The highest BCUT2D eigenvalue weighted by molar-refractivity contribution is 6.01. The first-order chi connectivity index (χ1) is 11.8. The van der Waals surface area contributed by atoms with E-state index in [0.29, 0.717) is 18.5 Å². The quantitative estimate of drug-likeness (QED) is 0.824. The first kappa shape index (κ1) is 19.4. The van der Waals surface area contributed by atoms with Crippen molar-refractivity contribution in [3.8, 4) is 0 Å². The van der Waals surface area contributed by atoms with Crippen LogP contribution in [0.3, 0.4) is 0 Å². The molecule has 138 valence electrons. The average Bonchev–Trinajstić information content (AvgIpc) is 2.79. The second kappa shape index (κ2) is 8.48. The molecule has 0 saturated heterocycles. The number of carbonyl (C=O) groups is 2. The Labute approximate surface area is 151 Å². The van der Waals surface area contributed by atoms with Crippen molar-refractivity contribution in [3.63, 3.8) is 0 Å². The zero-order valence-electron chi connectivity index (χ0n) is 16.0. The molecular formula is C20H31N3O2. The number of rotatable bonds is 4. The number of benzene rings is 1. The number of nitrogens with one attached hydrogen (secondary N) is 2. The molecule has 2 unspecified atom stereocenters. The minimum absolute atomic E-state index is 0.0409. The van der Waals surface area contributed by atoms with Crippen LogP contribution in [0.15, 0.2) is 18.2 Å². The van der Waals surface area contributed by atoms with Gasteiger partial charge in [-0.2, -0.15) is 0 Å². The molecule has 5 heteroatoms. The standard InChI is InChI=1S/C16H22N2O.C4H9NO/c1-10(2)17-14-8-7-12-5-4-6-13-9-11(3)18(15(12)13)16(14)19;1-4(2)5-3-6/h4-6,10-11,14,17H,7-9H2,1-3H3;3-4H,1-2H3,(H,5,6). The summed E-state index contributed by atoms with van der Waals surface area (Å²) < 4.78 is 0. The van der Waals surface area contributed by atoms with Crippen LogP contribution < -0.4 is 15.5 Å². The topological polar surface area (TPSA) is 61.4 Å². The zero-order chi connectivity index (χ0) is 18.6. The van der Waals surface area contributed by atoms with Crippen LogP contribution in [0.2, 0.25) is 0 Å². The van der Waals surface area contributed by atoms with Crippen molar-refractivity contribution in [3.05, 3.63) is 29.3 Å². The van der Waals surface area contributed by atoms with Gasteiger partial charge in [-0.25, -0.2) is 0 Å². The smallest absolute Gasteiger partial charge is 0.244 e. The van der Waals surface area contributed by atoms with Gasteiger partial charge in [-0.1, -0.05) is 32.0 Å². The molecule has 2 aliphatic rings. The molecule has 2 atom stereocenters. The van der Waals surface area contributed by atoms with Gasteiger partial charge >= 0.3 is 0 Å². The Morgan fingerprint density at radius 2 is 1.84 bits per heavy atom. The summed E-state index contributed by atoms with van der Waals surface area (Å²) in [5, 5.41) is 5.95. The first-order valence-electron chi connectivity index (χ1n) is 9.24. The second-order valence-electron chi connectivity index (χ2n) is 7.54. The number of carbonyl (C=O) groups excluding carboxylic acids is 2. The molecule has 1 aromatic carbocycles. The maximum Gasteiger partial charge on any atom is 0.244 e. The molecular weight excluding hydrogens is 314 g/mol. The Morgan fingerprint density at radius 1 is 1.16 bits per heavy atom. The third kappa shape index (κ3) is 4.60. The summed E-state index contributed by atoms with van der Waals surface area (Å²) in [6.07, 6.45) is 3.58. The SMILES string of the molecule is CC(C)NC1CCc2cccc3c2N(C1=O)C(C)C3.CC(C)NC=O. The normalized spacial score (nSPS) is 21.6. The number of anilines is 1. The van der Waals surface area contributed by atoms with E-state index < -0.39 is 0 Å². The molecule has 25 heavy (non-hydrogen) atoms. The van der Waals surface area contributed by atoms with E-state index in [4.69, 9.17) is 0 Å². The number of hydrogen-bond donors (Lipinski definition) is 2. The van der Waals surface area contributed by atoms with Crippen LogP contribution >= 0.6 is 0 Å². The van der Waals surface area contributed by atoms with Crippen LogP contribution in [0.25, 0.3) is 0 Å². The Balaban J connectivity index is 0.000000326. The number of amides is 2. The van der Waals surface area contributed by atoms with Gasteiger partial charge in [0.25, 0.3) is 0 Å². The fourth-order valence-electron chi connectivity index (χ4n) is 3.56. The summed E-state index contributed by atoms with van der Waals surface area (Å²) in [5.41, 5.74) is 3.87. The largest absolute Gasteiger partial charge is 0.357 e. The lowest BCUT2D eigenvalue weighted by molar-refractivity contribution is -0.121. The predicted molar refractivity (Wildman–Crippen MR) is 102 cm³/mol. The minimum Gasteiger partial charge on any atom is -0.357 e. The average molecular weight is 345 g/mol. The Hall–Kier alpha value is -1.88. The van der Waals surface area contributed by atoms with Gasteiger partial charge in [0.2, 0.25) is 12.3 Å². The Bertz CT molecular complexity index is 613.